The zero-order chi connectivity index (χ0) is 14.2. The van der Waals surface area contributed by atoms with Crippen LogP contribution in [0.4, 0.5) is 0 Å². The molecule has 5 heteroatoms. The Balaban J connectivity index is 1.83. The lowest BCUT2D eigenvalue weighted by atomic mass is 10.2. The highest BCUT2D eigenvalue weighted by Crippen LogP contribution is 2.27. The van der Waals surface area contributed by atoms with Crippen molar-refractivity contribution in [1.29, 1.82) is 0 Å². The quantitative estimate of drug-likeness (QED) is 0.749. The second-order valence-electron chi connectivity index (χ2n) is 4.36. The summed E-state index contributed by atoms with van der Waals surface area (Å²) in [5.41, 5.74) is 1.17. The summed E-state index contributed by atoms with van der Waals surface area (Å²) >= 11 is 0. The van der Waals surface area contributed by atoms with Gasteiger partial charge < -0.3 is 14.8 Å². The molecule has 2 rings (SSSR count). The summed E-state index contributed by atoms with van der Waals surface area (Å²) in [6, 6.07) is 7.94. The number of nitrogens with zero attached hydrogens (tertiary/aromatic N) is 2. The Hall–Kier alpha value is -2.01. The minimum Gasteiger partial charge on any atom is -0.493 e. The summed E-state index contributed by atoms with van der Waals surface area (Å²) in [6.45, 7) is 5.13. The van der Waals surface area contributed by atoms with Crippen LogP contribution < -0.4 is 14.8 Å². The molecule has 0 aliphatic rings. The SMILES string of the molecule is CCOc1ccc(CNCCn2cccn2)cc1OC. The first-order valence-corrected chi connectivity index (χ1v) is 6.81. The monoisotopic (exact) mass is 275 g/mol. The Bertz CT molecular complexity index is 512. The summed E-state index contributed by atoms with van der Waals surface area (Å²) < 4.78 is 12.7. The van der Waals surface area contributed by atoms with Gasteiger partial charge in [-0.1, -0.05) is 6.07 Å². The van der Waals surface area contributed by atoms with E-state index in [0.29, 0.717) is 6.61 Å². The highest BCUT2D eigenvalue weighted by Gasteiger charge is 2.04. The summed E-state index contributed by atoms with van der Waals surface area (Å²) in [5, 5.41) is 7.55. The van der Waals surface area contributed by atoms with Gasteiger partial charge >= 0.3 is 0 Å². The van der Waals surface area contributed by atoms with Crippen molar-refractivity contribution >= 4 is 0 Å². The number of rotatable bonds is 8. The van der Waals surface area contributed by atoms with Crippen LogP contribution in [0, 0.1) is 0 Å². The first-order chi connectivity index (χ1) is 9.83. The second kappa shape index (κ2) is 7.55. The van der Waals surface area contributed by atoms with Crippen molar-refractivity contribution in [3.8, 4) is 11.5 Å². The van der Waals surface area contributed by atoms with Gasteiger partial charge in [0.25, 0.3) is 0 Å². The van der Waals surface area contributed by atoms with Crippen LogP contribution in [-0.2, 0) is 13.1 Å². The lowest BCUT2D eigenvalue weighted by Gasteiger charge is -2.11. The van der Waals surface area contributed by atoms with Crippen LogP contribution in [0.3, 0.4) is 0 Å². The molecule has 1 aromatic heterocycles. The normalized spacial score (nSPS) is 10.5. The predicted molar refractivity (Wildman–Crippen MR) is 78.1 cm³/mol. The molecule has 0 saturated heterocycles. The van der Waals surface area contributed by atoms with Crippen molar-refractivity contribution in [3.05, 3.63) is 42.2 Å². The third-order valence-corrected chi connectivity index (χ3v) is 2.93. The average Bonchev–Trinajstić information content (AvgIpc) is 2.98. The number of benzene rings is 1. The Kier molecular flexibility index (Phi) is 5.43. The van der Waals surface area contributed by atoms with Crippen LogP contribution in [0.25, 0.3) is 0 Å². The van der Waals surface area contributed by atoms with Gasteiger partial charge in [0.1, 0.15) is 0 Å². The summed E-state index contributed by atoms with van der Waals surface area (Å²) in [4.78, 5) is 0. The van der Waals surface area contributed by atoms with Gasteiger partial charge in [-0.25, -0.2) is 0 Å². The molecule has 1 heterocycles. The highest BCUT2D eigenvalue weighted by molar-refractivity contribution is 5.42. The van der Waals surface area contributed by atoms with Gasteiger partial charge in [-0.3, -0.25) is 4.68 Å². The number of hydrogen-bond donors (Lipinski definition) is 1. The van der Waals surface area contributed by atoms with Gasteiger partial charge in [-0.2, -0.15) is 5.10 Å². The van der Waals surface area contributed by atoms with Crippen molar-refractivity contribution in [3.63, 3.8) is 0 Å². The van der Waals surface area contributed by atoms with Crippen molar-refractivity contribution in [1.82, 2.24) is 15.1 Å². The highest BCUT2D eigenvalue weighted by atomic mass is 16.5. The Morgan fingerprint density at radius 3 is 2.90 bits per heavy atom. The third kappa shape index (κ3) is 3.99. The Labute approximate surface area is 119 Å². The first-order valence-electron chi connectivity index (χ1n) is 6.81. The maximum atomic E-state index is 5.50. The first kappa shape index (κ1) is 14.4. The molecule has 0 amide bonds. The number of ether oxygens (including phenoxy) is 2. The largest absolute Gasteiger partial charge is 0.493 e. The fourth-order valence-electron chi connectivity index (χ4n) is 1.96. The molecule has 0 fully saturated rings. The van der Waals surface area contributed by atoms with Gasteiger partial charge in [0.2, 0.25) is 0 Å². The van der Waals surface area contributed by atoms with E-state index in [1.54, 1.807) is 13.3 Å². The smallest absolute Gasteiger partial charge is 0.161 e. The fraction of sp³-hybridized carbons (Fsp3) is 0.400. The molecule has 108 valence electrons. The molecule has 0 spiro atoms. The van der Waals surface area contributed by atoms with Crippen molar-refractivity contribution in [2.24, 2.45) is 0 Å². The Morgan fingerprint density at radius 2 is 2.20 bits per heavy atom. The van der Waals surface area contributed by atoms with E-state index in [9.17, 15) is 0 Å². The van der Waals surface area contributed by atoms with Crippen LogP contribution in [-0.4, -0.2) is 30.0 Å². The maximum Gasteiger partial charge on any atom is 0.161 e. The molecular weight excluding hydrogens is 254 g/mol. The van der Waals surface area contributed by atoms with Gasteiger partial charge in [0.15, 0.2) is 11.5 Å². The third-order valence-electron chi connectivity index (χ3n) is 2.93. The molecule has 0 radical (unpaired) electrons. The molecule has 5 nitrogen and oxygen atoms in total. The van der Waals surface area contributed by atoms with Crippen LogP contribution >= 0.6 is 0 Å². The number of hydrogen-bond acceptors (Lipinski definition) is 4. The van der Waals surface area contributed by atoms with E-state index in [1.165, 1.54) is 5.56 Å². The standard InChI is InChI=1S/C15H21N3O2/c1-3-20-14-6-5-13(11-15(14)19-2)12-16-8-10-18-9-4-7-17-18/h4-7,9,11,16H,3,8,10,12H2,1-2H3. The van der Waals surface area contributed by atoms with Crippen LogP contribution in [0.15, 0.2) is 36.7 Å². The second-order valence-corrected chi connectivity index (χ2v) is 4.36. The van der Waals surface area contributed by atoms with E-state index in [-0.39, 0.29) is 0 Å². The van der Waals surface area contributed by atoms with Crippen molar-refractivity contribution in [2.45, 2.75) is 20.0 Å². The molecule has 1 aromatic carbocycles. The zero-order valence-electron chi connectivity index (χ0n) is 12.0. The molecule has 2 aromatic rings. The Morgan fingerprint density at radius 1 is 1.30 bits per heavy atom. The molecule has 0 saturated carbocycles. The lowest BCUT2D eigenvalue weighted by molar-refractivity contribution is 0.310. The summed E-state index contributed by atoms with van der Waals surface area (Å²) in [6.07, 6.45) is 3.75. The molecule has 0 unspecified atom stereocenters. The molecule has 0 aliphatic carbocycles. The van der Waals surface area contributed by atoms with Gasteiger partial charge in [-0.15, -0.1) is 0 Å². The number of nitrogens with one attached hydrogen (secondary N) is 1. The van der Waals surface area contributed by atoms with E-state index < -0.39 is 0 Å². The van der Waals surface area contributed by atoms with Crippen LogP contribution in [0.1, 0.15) is 12.5 Å². The van der Waals surface area contributed by atoms with E-state index in [2.05, 4.69) is 16.5 Å². The molecule has 0 atom stereocenters. The van der Waals surface area contributed by atoms with E-state index >= 15 is 0 Å². The van der Waals surface area contributed by atoms with Gasteiger partial charge in [0, 0.05) is 25.5 Å². The predicted octanol–water partition coefficient (Wildman–Crippen LogP) is 2.08. The minimum absolute atomic E-state index is 0.637. The minimum atomic E-state index is 0.637. The number of aromatic nitrogens is 2. The number of methoxy groups -OCH3 is 1. The molecule has 20 heavy (non-hydrogen) atoms. The van der Waals surface area contributed by atoms with Gasteiger partial charge in [0.05, 0.1) is 20.3 Å². The van der Waals surface area contributed by atoms with Crippen molar-refractivity contribution < 1.29 is 9.47 Å². The average molecular weight is 275 g/mol. The van der Waals surface area contributed by atoms with Gasteiger partial charge in [-0.05, 0) is 30.7 Å². The van der Waals surface area contributed by atoms with Crippen molar-refractivity contribution in [2.75, 3.05) is 20.3 Å². The maximum absolute atomic E-state index is 5.50. The fourth-order valence-corrected chi connectivity index (χ4v) is 1.96. The molecule has 1 N–H and O–H groups in total. The van der Waals surface area contributed by atoms with Crippen LogP contribution in [0.5, 0.6) is 11.5 Å². The van der Waals surface area contributed by atoms with Crippen LogP contribution in [0.2, 0.25) is 0 Å². The molecule has 0 aliphatic heterocycles. The summed E-state index contributed by atoms with van der Waals surface area (Å²) in [5.74, 6) is 1.56. The van der Waals surface area contributed by atoms with E-state index in [0.717, 1.165) is 31.1 Å². The molecular formula is C15H21N3O2. The van der Waals surface area contributed by atoms with E-state index in [4.69, 9.17) is 9.47 Å². The zero-order valence-corrected chi connectivity index (χ0v) is 12.0. The topological polar surface area (TPSA) is 48.3 Å². The lowest BCUT2D eigenvalue weighted by Crippen LogP contribution is -2.19. The summed E-state index contributed by atoms with van der Waals surface area (Å²) in [7, 11) is 1.66. The molecule has 0 bridgehead atoms. The van der Waals surface area contributed by atoms with E-state index in [1.807, 2.05) is 36.0 Å².